The first kappa shape index (κ1) is 15.2. The Balaban J connectivity index is 1.92. The number of carbonyl (C=O) groups is 1. The van der Waals surface area contributed by atoms with Gasteiger partial charge in [-0.15, -0.1) is 11.8 Å². The summed E-state index contributed by atoms with van der Waals surface area (Å²) in [5, 5.41) is 2.88. The summed E-state index contributed by atoms with van der Waals surface area (Å²) in [5.41, 5.74) is 8.59. The van der Waals surface area contributed by atoms with Crippen LogP contribution in [0.15, 0.2) is 47.4 Å². The number of hydrogen-bond acceptors (Lipinski definition) is 3. The zero-order valence-corrected chi connectivity index (χ0v) is 14.0. The fourth-order valence-corrected chi connectivity index (χ4v) is 3.00. The fourth-order valence-electron chi connectivity index (χ4n) is 1.71. The van der Waals surface area contributed by atoms with Crippen molar-refractivity contribution >= 4 is 51.6 Å². The summed E-state index contributed by atoms with van der Waals surface area (Å²) in [7, 11) is 0. The molecule has 0 spiro atoms. The van der Waals surface area contributed by atoms with Crippen molar-refractivity contribution in [1.82, 2.24) is 0 Å². The van der Waals surface area contributed by atoms with Gasteiger partial charge in [-0.3, -0.25) is 4.79 Å². The van der Waals surface area contributed by atoms with Crippen LogP contribution in [0.3, 0.4) is 0 Å². The number of benzene rings is 2. The fraction of sp³-hybridized carbons (Fsp3) is 0.133. The number of nitrogens with two attached hydrogens (primary N) is 1. The van der Waals surface area contributed by atoms with E-state index >= 15 is 0 Å². The summed E-state index contributed by atoms with van der Waals surface area (Å²) in [6.07, 6.45) is 0. The quantitative estimate of drug-likeness (QED) is 0.467. The molecule has 3 nitrogen and oxygen atoms in total. The molecule has 0 aliphatic carbocycles. The number of thioether (sulfide) groups is 1. The van der Waals surface area contributed by atoms with Crippen molar-refractivity contribution in [3.8, 4) is 0 Å². The molecule has 1 amide bonds. The second-order valence-electron chi connectivity index (χ2n) is 4.39. The number of aryl methyl sites for hydroxylation is 1. The second-order valence-corrected chi connectivity index (χ2v) is 6.65. The maximum Gasteiger partial charge on any atom is 0.234 e. The standard InChI is InChI=1S/C15H15IN2OS/c1-10-5-6-14(13(17)7-10)20-9-15(19)18-12-4-2-3-11(16)8-12/h2-8H,9,17H2,1H3,(H,18,19). The summed E-state index contributed by atoms with van der Waals surface area (Å²) in [6, 6.07) is 13.6. The minimum absolute atomic E-state index is 0.0306. The van der Waals surface area contributed by atoms with Gasteiger partial charge in [-0.05, 0) is 65.4 Å². The highest BCUT2D eigenvalue weighted by molar-refractivity contribution is 14.1. The van der Waals surface area contributed by atoms with Gasteiger partial charge in [-0.2, -0.15) is 0 Å². The van der Waals surface area contributed by atoms with Gasteiger partial charge < -0.3 is 11.1 Å². The largest absolute Gasteiger partial charge is 0.398 e. The van der Waals surface area contributed by atoms with Crippen LogP contribution in [0.4, 0.5) is 11.4 Å². The van der Waals surface area contributed by atoms with Gasteiger partial charge in [0.1, 0.15) is 0 Å². The number of rotatable bonds is 4. The normalized spacial score (nSPS) is 10.3. The average molecular weight is 398 g/mol. The number of carbonyl (C=O) groups excluding carboxylic acids is 1. The third-order valence-electron chi connectivity index (χ3n) is 2.63. The van der Waals surface area contributed by atoms with Crippen LogP contribution in [-0.4, -0.2) is 11.7 Å². The molecule has 5 heteroatoms. The highest BCUT2D eigenvalue weighted by atomic mass is 127. The number of halogens is 1. The molecular formula is C15H15IN2OS. The van der Waals surface area contributed by atoms with E-state index in [1.807, 2.05) is 49.4 Å². The van der Waals surface area contributed by atoms with Crippen LogP contribution in [0.1, 0.15) is 5.56 Å². The zero-order valence-electron chi connectivity index (χ0n) is 11.0. The molecule has 0 saturated heterocycles. The molecule has 0 aromatic heterocycles. The number of nitrogens with one attached hydrogen (secondary N) is 1. The average Bonchev–Trinajstić information content (AvgIpc) is 2.37. The summed E-state index contributed by atoms with van der Waals surface area (Å²) >= 11 is 3.67. The lowest BCUT2D eigenvalue weighted by atomic mass is 10.2. The Morgan fingerprint density at radius 1 is 1.30 bits per heavy atom. The molecule has 2 aromatic carbocycles. The Labute approximate surface area is 136 Å². The molecule has 2 rings (SSSR count). The number of amides is 1. The molecule has 0 fully saturated rings. The summed E-state index contributed by atoms with van der Waals surface area (Å²) in [4.78, 5) is 12.8. The van der Waals surface area contributed by atoms with Gasteiger partial charge in [0.05, 0.1) is 5.75 Å². The SMILES string of the molecule is Cc1ccc(SCC(=O)Nc2cccc(I)c2)c(N)c1. The first-order chi connectivity index (χ1) is 9.54. The zero-order chi connectivity index (χ0) is 14.5. The van der Waals surface area contributed by atoms with Crippen LogP contribution >= 0.6 is 34.4 Å². The molecule has 20 heavy (non-hydrogen) atoms. The summed E-state index contributed by atoms with van der Waals surface area (Å²) in [6.45, 7) is 1.99. The molecule has 0 bridgehead atoms. The van der Waals surface area contributed by atoms with Crippen molar-refractivity contribution in [2.24, 2.45) is 0 Å². The van der Waals surface area contributed by atoms with Crippen LogP contribution < -0.4 is 11.1 Å². The van der Waals surface area contributed by atoms with Crippen molar-refractivity contribution in [3.63, 3.8) is 0 Å². The van der Waals surface area contributed by atoms with Crippen LogP contribution in [0.25, 0.3) is 0 Å². The second kappa shape index (κ2) is 6.99. The highest BCUT2D eigenvalue weighted by Crippen LogP contribution is 2.25. The molecule has 0 heterocycles. The lowest BCUT2D eigenvalue weighted by molar-refractivity contribution is -0.113. The lowest BCUT2D eigenvalue weighted by Gasteiger charge is -2.07. The smallest absolute Gasteiger partial charge is 0.234 e. The Morgan fingerprint density at radius 3 is 2.80 bits per heavy atom. The van der Waals surface area contributed by atoms with Gasteiger partial charge in [-0.1, -0.05) is 12.1 Å². The minimum atomic E-state index is -0.0306. The Hall–Kier alpha value is -1.21. The van der Waals surface area contributed by atoms with Gasteiger partial charge in [0.25, 0.3) is 0 Å². The van der Waals surface area contributed by atoms with E-state index in [2.05, 4.69) is 27.9 Å². The van der Waals surface area contributed by atoms with Crippen molar-refractivity contribution in [2.75, 3.05) is 16.8 Å². The molecule has 0 radical (unpaired) electrons. The molecule has 0 unspecified atom stereocenters. The Morgan fingerprint density at radius 2 is 2.10 bits per heavy atom. The van der Waals surface area contributed by atoms with E-state index in [1.165, 1.54) is 11.8 Å². The van der Waals surface area contributed by atoms with Crippen LogP contribution in [0.5, 0.6) is 0 Å². The van der Waals surface area contributed by atoms with Gasteiger partial charge in [0.15, 0.2) is 0 Å². The summed E-state index contributed by atoms with van der Waals surface area (Å²) < 4.78 is 1.09. The first-order valence-corrected chi connectivity index (χ1v) is 8.15. The first-order valence-electron chi connectivity index (χ1n) is 6.09. The summed E-state index contributed by atoms with van der Waals surface area (Å²) in [5.74, 6) is 0.315. The molecule has 0 saturated carbocycles. The predicted octanol–water partition coefficient (Wildman–Crippen LogP) is 3.91. The molecule has 0 atom stereocenters. The molecule has 2 aromatic rings. The van der Waals surface area contributed by atoms with E-state index in [0.717, 1.165) is 25.4 Å². The van der Waals surface area contributed by atoms with Gasteiger partial charge in [0, 0.05) is 19.8 Å². The molecule has 0 aliphatic heterocycles. The highest BCUT2D eigenvalue weighted by Gasteiger charge is 2.06. The van der Waals surface area contributed by atoms with E-state index in [1.54, 1.807) is 0 Å². The van der Waals surface area contributed by atoms with Crippen LogP contribution in [0, 0.1) is 10.5 Å². The monoisotopic (exact) mass is 398 g/mol. The molecule has 104 valence electrons. The van der Waals surface area contributed by atoms with E-state index < -0.39 is 0 Å². The maximum atomic E-state index is 11.9. The van der Waals surface area contributed by atoms with E-state index in [-0.39, 0.29) is 5.91 Å². The van der Waals surface area contributed by atoms with Gasteiger partial charge >= 0.3 is 0 Å². The Bertz CT molecular complexity index is 631. The van der Waals surface area contributed by atoms with Gasteiger partial charge in [-0.25, -0.2) is 0 Å². The lowest BCUT2D eigenvalue weighted by Crippen LogP contribution is -2.14. The number of anilines is 2. The van der Waals surface area contributed by atoms with Crippen molar-refractivity contribution < 1.29 is 4.79 Å². The van der Waals surface area contributed by atoms with Gasteiger partial charge in [0.2, 0.25) is 5.91 Å². The van der Waals surface area contributed by atoms with Crippen molar-refractivity contribution in [2.45, 2.75) is 11.8 Å². The third-order valence-corrected chi connectivity index (χ3v) is 4.39. The third kappa shape index (κ3) is 4.42. The van der Waals surface area contributed by atoms with Crippen LogP contribution in [-0.2, 0) is 4.79 Å². The van der Waals surface area contributed by atoms with Crippen molar-refractivity contribution in [3.05, 3.63) is 51.6 Å². The number of nitrogen functional groups attached to an aromatic ring is 1. The van der Waals surface area contributed by atoms with Crippen LogP contribution in [0.2, 0.25) is 0 Å². The van der Waals surface area contributed by atoms with Crippen molar-refractivity contribution in [1.29, 1.82) is 0 Å². The number of hydrogen-bond donors (Lipinski definition) is 2. The minimum Gasteiger partial charge on any atom is -0.398 e. The van der Waals surface area contributed by atoms with E-state index in [9.17, 15) is 4.79 Å². The van der Waals surface area contributed by atoms with E-state index in [0.29, 0.717) is 5.75 Å². The van der Waals surface area contributed by atoms with E-state index in [4.69, 9.17) is 5.73 Å². The molecule has 0 aliphatic rings. The molecular weight excluding hydrogens is 383 g/mol. The topological polar surface area (TPSA) is 55.1 Å². The predicted molar refractivity (Wildman–Crippen MR) is 94.1 cm³/mol. The molecule has 3 N–H and O–H groups in total. The Kier molecular flexibility index (Phi) is 5.31. The maximum absolute atomic E-state index is 11.9.